The first kappa shape index (κ1) is 25.5. The minimum absolute atomic E-state index is 0.143. The van der Waals surface area contributed by atoms with Gasteiger partial charge in [0.1, 0.15) is 29.9 Å². The SMILES string of the molecule is CO/N=C(\C(=O)N[C@@H]1C(=O)N2C(C(=O)O)=C(CSc3nc(C(=O)O)nn3C)CS[C@H]12)c1csc(N)n1. The molecule has 1 fully saturated rings. The number of nitrogens with two attached hydrogens (primary N) is 1. The van der Waals surface area contributed by atoms with E-state index in [1.165, 1.54) is 36.0 Å². The normalized spacial score (nSPS) is 19.6. The van der Waals surface area contributed by atoms with E-state index in [1.54, 1.807) is 0 Å². The van der Waals surface area contributed by atoms with Crippen molar-refractivity contribution in [3.63, 3.8) is 0 Å². The van der Waals surface area contributed by atoms with E-state index in [1.807, 2.05) is 0 Å². The summed E-state index contributed by atoms with van der Waals surface area (Å²) >= 11 is 3.49. The maximum Gasteiger partial charge on any atom is 0.375 e. The first-order valence-electron chi connectivity index (χ1n) is 9.92. The number of thiazole rings is 1. The van der Waals surface area contributed by atoms with Crippen molar-refractivity contribution in [1.82, 2.24) is 30.0 Å². The van der Waals surface area contributed by atoms with Crippen LogP contribution in [0.5, 0.6) is 0 Å². The lowest BCUT2D eigenvalue weighted by atomic mass is 10.0. The van der Waals surface area contributed by atoms with Gasteiger partial charge in [-0.05, 0) is 5.57 Å². The number of β-lactam (4-membered cyclic amide) rings is 1. The van der Waals surface area contributed by atoms with Crippen LogP contribution in [0.4, 0.5) is 5.13 Å². The summed E-state index contributed by atoms with van der Waals surface area (Å²) < 4.78 is 1.28. The van der Waals surface area contributed by atoms with Crippen LogP contribution in [-0.4, -0.2) is 94.4 Å². The summed E-state index contributed by atoms with van der Waals surface area (Å²) in [5.41, 5.74) is 5.90. The van der Waals surface area contributed by atoms with Crippen LogP contribution in [0.1, 0.15) is 16.3 Å². The quantitative estimate of drug-likeness (QED) is 0.132. The molecule has 0 bridgehead atoms. The second kappa shape index (κ2) is 10.2. The zero-order valence-electron chi connectivity index (χ0n) is 18.6. The summed E-state index contributed by atoms with van der Waals surface area (Å²) in [6.07, 6.45) is 0. The third kappa shape index (κ3) is 4.73. The van der Waals surface area contributed by atoms with Crippen molar-refractivity contribution < 1.29 is 34.2 Å². The Hall–Kier alpha value is -3.64. The Morgan fingerprint density at radius 2 is 2.08 bits per heavy atom. The second-order valence-corrected chi connectivity index (χ2v) is 10.2. The van der Waals surface area contributed by atoms with Gasteiger partial charge in [-0.3, -0.25) is 14.5 Å². The van der Waals surface area contributed by atoms with Crippen molar-refractivity contribution in [3.05, 3.63) is 28.2 Å². The molecule has 0 aliphatic carbocycles. The Morgan fingerprint density at radius 3 is 2.67 bits per heavy atom. The molecule has 1 saturated heterocycles. The van der Waals surface area contributed by atoms with Gasteiger partial charge in [0.15, 0.2) is 16.0 Å². The third-order valence-corrected chi connectivity index (χ3v) is 8.11. The minimum atomic E-state index is -1.29. The van der Waals surface area contributed by atoms with Crippen molar-refractivity contribution in [2.24, 2.45) is 12.2 Å². The fourth-order valence-corrected chi connectivity index (χ4v) is 6.38. The largest absolute Gasteiger partial charge is 0.477 e. The zero-order chi connectivity index (χ0) is 26.1. The van der Waals surface area contributed by atoms with Crippen LogP contribution in [0, 0.1) is 0 Å². The van der Waals surface area contributed by atoms with Crippen LogP contribution in [0.15, 0.2) is 27.0 Å². The number of carboxylic acids is 2. The van der Waals surface area contributed by atoms with Gasteiger partial charge >= 0.3 is 11.9 Å². The first-order chi connectivity index (χ1) is 17.1. The number of carbonyl (C=O) groups excluding carboxylic acids is 2. The number of hydrogen-bond acceptors (Lipinski definition) is 13. The topological polar surface area (TPSA) is 215 Å². The molecule has 36 heavy (non-hydrogen) atoms. The molecule has 2 aliphatic heterocycles. The Balaban J connectivity index is 1.49. The van der Waals surface area contributed by atoms with Gasteiger partial charge in [-0.15, -0.1) is 28.2 Å². The van der Waals surface area contributed by atoms with Crippen LogP contribution in [0.3, 0.4) is 0 Å². The minimum Gasteiger partial charge on any atom is -0.477 e. The number of hydrogen-bond donors (Lipinski definition) is 4. The first-order valence-corrected chi connectivity index (χ1v) is 12.8. The van der Waals surface area contributed by atoms with E-state index >= 15 is 0 Å². The van der Waals surface area contributed by atoms with Crippen LogP contribution in [0.2, 0.25) is 0 Å². The third-order valence-electron chi connectivity index (χ3n) is 4.99. The van der Waals surface area contributed by atoms with Crippen LogP contribution >= 0.6 is 34.9 Å². The molecule has 190 valence electrons. The highest BCUT2D eigenvalue weighted by atomic mass is 32.2. The molecule has 2 aromatic rings. The highest BCUT2D eigenvalue weighted by molar-refractivity contribution is 8.01. The number of thioether (sulfide) groups is 2. The van der Waals surface area contributed by atoms with E-state index in [0.717, 1.165) is 28.0 Å². The highest BCUT2D eigenvalue weighted by Gasteiger charge is 2.54. The number of carbonyl (C=O) groups is 4. The molecular formula is C18H18N8O7S3. The molecule has 2 atom stereocenters. The number of oxime groups is 1. The number of aliphatic carboxylic acids is 1. The highest BCUT2D eigenvalue weighted by Crippen LogP contribution is 2.41. The van der Waals surface area contributed by atoms with Crippen molar-refractivity contribution >= 4 is 69.5 Å². The number of fused-ring (bicyclic) bond motifs is 1. The van der Waals surface area contributed by atoms with E-state index in [-0.39, 0.29) is 44.7 Å². The fraction of sp³-hybridized carbons (Fsp3) is 0.333. The predicted octanol–water partition coefficient (Wildman–Crippen LogP) is -0.567. The van der Waals surface area contributed by atoms with Crippen LogP contribution < -0.4 is 11.1 Å². The number of rotatable bonds is 9. The Morgan fingerprint density at radius 1 is 1.33 bits per heavy atom. The van der Waals surface area contributed by atoms with Gasteiger partial charge in [-0.25, -0.2) is 19.3 Å². The number of aryl methyl sites for hydroxylation is 1. The van der Waals surface area contributed by atoms with E-state index < -0.39 is 35.2 Å². The van der Waals surface area contributed by atoms with Crippen molar-refractivity contribution in [3.8, 4) is 0 Å². The summed E-state index contributed by atoms with van der Waals surface area (Å²) in [6, 6.07) is -0.985. The van der Waals surface area contributed by atoms with Crippen molar-refractivity contribution in [2.45, 2.75) is 16.6 Å². The Labute approximate surface area is 214 Å². The zero-order valence-corrected chi connectivity index (χ0v) is 21.0. The van der Waals surface area contributed by atoms with E-state index in [9.17, 15) is 24.3 Å². The Kier molecular flexibility index (Phi) is 7.18. The summed E-state index contributed by atoms with van der Waals surface area (Å²) in [4.78, 5) is 62.6. The van der Waals surface area contributed by atoms with E-state index in [4.69, 9.17) is 15.7 Å². The average molecular weight is 555 g/mol. The summed E-state index contributed by atoms with van der Waals surface area (Å²) in [5, 5.41) is 30.3. The van der Waals surface area contributed by atoms with Gasteiger partial charge in [0.2, 0.25) is 0 Å². The molecule has 2 amide bonds. The number of nitrogens with zero attached hydrogens (tertiary/aromatic N) is 6. The van der Waals surface area contributed by atoms with Gasteiger partial charge in [0.25, 0.3) is 17.6 Å². The van der Waals surface area contributed by atoms with E-state index in [0.29, 0.717) is 5.57 Å². The standard InChI is InChI=1S/C18H18N8O7S3/c1-25-18(22-11(23-25)16(31)32)36-4-6-3-34-14-9(13(28)26(14)10(6)15(29)30)21-12(27)8(24-33-2)7-5-35-17(19)20-7/h5,9,14H,3-4H2,1-2H3,(H2,19,20)(H,21,27)(H,29,30)(H,31,32)/b24-8-/t9-,14-/m1/s1. The summed E-state index contributed by atoms with van der Waals surface area (Å²) in [6.45, 7) is 0. The molecule has 15 nitrogen and oxygen atoms in total. The molecule has 0 unspecified atom stereocenters. The summed E-state index contributed by atoms with van der Waals surface area (Å²) in [7, 11) is 2.77. The molecule has 4 rings (SSSR count). The predicted molar refractivity (Wildman–Crippen MR) is 128 cm³/mol. The van der Waals surface area contributed by atoms with Gasteiger partial charge in [0, 0.05) is 23.9 Å². The van der Waals surface area contributed by atoms with Crippen LogP contribution in [0.25, 0.3) is 0 Å². The van der Waals surface area contributed by atoms with Gasteiger partial charge in [0.05, 0.1) is 0 Å². The molecule has 0 saturated carbocycles. The molecule has 5 N–H and O–H groups in total. The number of aromatic nitrogens is 4. The lowest BCUT2D eigenvalue weighted by Crippen LogP contribution is -2.71. The number of nitrogens with one attached hydrogen (secondary N) is 1. The number of nitrogen functional groups attached to an aromatic ring is 1. The van der Waals surface area contributed by atoms with Gasteiger partial charge < -0.3 is 26.1 Å². The maximum absolute atomic E-state index is 12.9. The maximum atomic E-state index is 12.9. The molecule has 0 radical (unpaired) electrons. The number of carboxylic acid groups (broad SMARTS) is 2. The van der Waals surface area contributed by atoms with Crippen molar-refractivity contribution in [2.75, 3.05) is 24.3 Å². The molecule has 2 aliphatic rings. The van der Waals surface area contributed by atoms with Crippen LogP contribution in [-0.2, 0) is 26.3 Å². The molecule has 2 aromatic heterocycles. The number of anilines is 1. The smallest absolute Gasteiger partial charge is 0.375 e. The second-order valence-electron chi connectivity index (χ2n) is 7.25. The molecule has 0 aromatic carbocycles. The summed E-state index contributed by atoms with van der Waals surface area (Å²) in [5.74, 6) is -3.86. The average Bonchev–Trinajstić information content (AvgIpc) is 3.43. The molecule has 18 heteroatoms. The van der Waals surface area contributed by atoms with Gasteiger partial charge in [-0.1, -0.05) is 16.9 Å². The number of aromatic carboxylic acids is 1. The lowest BCUT2D eigenvalue weighted by Gasteiger charge is -2.49. The van der Waals surface area contributed by atoms with Crippen molar-refractivity contribution in [1.29, 1.82) is 0 Å². The fourth-order valence-electron chi connectivity index (χ4n) is 3.43. The van der Waals surface area contributed by atoms with E-state index in [2.05, 4.69) is 25.5 Å². The molecule has 0 spiro atoms. The lowest BCUT2D eigenvalue weighted by molar-refractivity contribution is -0.150. The molecular weight excluding hydrogens is 536 g/mol. The molecule has 4 heterocycles. The monoisotopic (exact) mass is 554 g/mol. The Bertz CT molecular complexity index is 1320. The number of amides is 2. The van der Waals surface area contributed by atoms with Gasteiger partial charge in [-0.2, -0.15) is 4.98 Å².